The predicted molar refractivity (Wildman–Crippen MR) is 106 cm³/mol. The highest BCUT2D eigenvalue weighted by Crippen LogP contribution is 2.12. The third kappa shape index (κ3) is 4.83. The molecule has 150 valence electrons. The van der Waals surface area contributed by atoms with E-state index in [0.717, 1.165) is 49.9 Å². The fraction of sp³-hybridized carbons (Fsp3) is 0.333. The van der Waals surface area contributed by atoms with Crippen molar-refractivity contribution in [2.45, 2.75) is 25.9 Å². The van der Waals surface area contributed by atoms with Gasteiger partial charge in [-0.25, -0.2) is 4.39 Å². The fourth-order valence-electron chi connectivity index (χ4n) is 3.48. The number of pyridine rings is 1. The lowest BCUT2D eigenvalue weighted by Crippen LogP contribution is -2.28. The minimum Gasteiger partial charge on any atom is -0.352 e. The van der Waals surface area contributed by atoms with Crippen LogP contribution in [-0.4, -0.2) is 50.2 Å². The van der Waals surface area contributed by atoms with Crippen LogP contribution in [0.25, 0.3) is 0 Å². The van der Waals surface area contributed by atoms with Crippen LogP contribution in [-0.2, 0) is 25.9 Å². The minimum absolute atomic E-state index is 0.220. The van der Waals surface area contributed by atoms with Gasteiger partial charge in [0.25, 0.3) is 5.91 Å². The van der Waals surface area contributed by atoms with Gasteiger partial charge in [-0.15, -0.1) is 10.2 Å². The van der Waals surface area contributed by atoms with Crippen molar-refractivity contribution in [2.24, 2.45) is 0 Å². The van der Waals surface area contributed by atoms with Crippen molar-refractivity contribution in [2.75, 3.05) is 19.6 Å². The number of carbonyl (C=O) groups is 1. The molecule has 1 N–H and O–H groups in total. The van der Waals surface area contributed by atoms with Gasteiger partial charge in [0, 0.05) is 57.3 Å². The number of hydrogen-bond acceptors (Lipinski definition) is 5. The van der Waals surface area contributed by atoms with Gasteiger partial charge in [-0.05, 0) is 36.4 Å². The van der Waals surface area contributed by atoms with Gasteiger partial charge in [0.15, 0.2) is 0 Å². The van der Waals surface area contributed by atoms with E-state index in [-0.39, 0.29) is 11.7 Å². The molecule has 0 saturated heterocycles. The lowest BCUT2D eigenvalue weighted by Gasteiger charge is -2.18. The third-order valence-corrected chi connectivity index (χ3v) is 5.05. The smallest absolute Gasteiger partial charge is 0.251 e. The zero-order chi connectivity index (χ0) is 20.1. The summed E-state index contributed by atoms with van der Waals surface area (Å²) in [5, 5.41) is 11.5. The van der Waals surface area contributed by atoms with Crippen molar-refractivity contribution in [3.05, 3.63) is 77.4 Å². The lowest BCUT2D eigenvalue weighted by molar-refractivity contribution is 0.0954. The molecule has 1 amide bonds. The molecule has 0 unspecified atom stereocenters. The summed E-state index contributed by atoms with van der Waals surface area (Å²) in [5.41, 5.74) is 1.51. The van der Waals surface area contributed by atoms with Crippen LogP contribution in [0.15, 0.2) is 48.7 Å². The summed E-state index contributed by atoms with van der Waals surface area (Å²) in [5.74, 6) is 1.28. The summed E-state index contributed by atoms with van der Waals surface area (Å²) in [4.78, 5) is 18.9. The van der Waals surface area contributed by atoms with Crippen molar-refractivity contribution < 1.29 is 9.18 Å². The van der Waals surface area contributed by atoms with Gasteiger partial charge in [-0.1, -0.05) is 6.07 Å². The van der Waals surface area contributed by atoms with Crippen LogP contribution in [0.3, 0.4) is 0 Å². The highest BCUT2D eigenvalue weighted by atomic mass is 19.1. The number of halogens is 1. The molecule has 8 heteroatoms. The van der Waals surface area contributed by atoms with Crippen LogP contribution in [0.4, 0.5) is 4.39 Å². The van der Waals surface area contributed by atoms with E-state index in [4.69, 9.17) is 0 Å². The van der Waals surface area contributed by atoms with Gasteiger partial charge in [0.1, 0.15) is 17.5 Å². The van der Waals surface area contributed by atoms with Gasteiger partial charge in [-0.2, -0.15) is 0 Å². The Balaban J connectivity index is 1.31. The molecule has 0 atom stereocenters. The molecule has 0 fully saturated rings. The zero-order valence-corrected chi connectivity index (χ0v) is 16.1. The first-order valence-corrected chi connectivity index (χ1v) is 9.76. The van der Waals surface area contributed by atoms with E-state index in [1.165, 1.54) is 24.3 Å². The van der Waals surface area contributed by atoms with E-state index in [2.05, 4.69) is 30.0 Å². The van der Waals surface area contributed by atoms with E-state index in [9.17, 15) is 9.18 Å². The quantitative estimate of drug-likeness (QED) is 0.691. The van der Waals surface area contributed by atoms with E-state index in [0.29, 0.717) is 18.5 Å². The molecule has 2 aromatic heterocycles. The molecule has 1 aromatic carbocycles. The molecule has 0 spiro atoms. The van der Waals surface area contributed by atoms with Crippen LogP contribution in [0.2, 0.25) is 0 Å². The SMILES string of the molecule is O=C(NCCc1nnc2n1CCN(Cc1ccccn1)CC2)c1ccc(F)cc1. The van der Waals surface area contributed by atoms with Crippen molar-refractivity contribution in [1.82, 2.24) is 30.0 Å². The first-order chi connectivity index (χ1) is 14.2. The van der Waals surface area contributed by atoms with Crippen molar-refractivity contribution >= 4 is 5.91 Å². The number of nitrogens with zero attached hydrogens (tertiary/aromatic N) is 5. The first-order valence-electron chi connectivity index (χ1n) is 9.76. The maximum atomic E-state index is 13.0. The second-order valence-electron chi connectivity index (χ2n) is 7.04. The average molecular weight is 394 g/mol. The van der Waals surface area contributed by atoms with E-state index in [1.54, 1.807) is 0 Å². The van der Waals surface area contributed by atoms with Crippen molar-refractivity contribution in [3.63, 3.8) is 0 Å². The van der Waals surface area contributed by atoms with Crippen LogP contribution in [0, 0.1) is 5.82 Å². The number of fused-ring (bicyclic) bond motifs is 1. The Kier molecular flexibility index (Phi) is 5.90. The van der Waals surface area contributed by atoms with Crippen LogP contribution in [0.1, 0.15) is 27.7 Å². The zero-order valence-electron chi connectivity index (χ0n) is 16.1. The molecule has 0 bridgehead atoms. The summed E-state index contributed by atoms with van der Waals surface area (Å²) >= 11 is 0. The van der Waals surface area contributed by atoms with Crippen LogP contribution in [0.5, 0.6) is 0 Å². The van der Waals surface area contributed by atoms with Crippen molar-refractivity contribution in [1.29, 1.82) is 0 Å². The maximum absolute atomic E-state index is 13.0. The second kappa shape index (κ2) is 8.91. The molecule has 7 nitrogen and oxygen atoms in total. The Hall–Kier alpha value is -3.13. The van der Waals surface area contributed by atoms with Gasteiger partial charge >= 0.3 is 0 Å². The molecule has 1 aliphatic heterocycles. The van der Waals surface area contributed by atoms with Gasteiger partial charge in [0.2, 0.25) is 0 Å². The molecule has 0 aliphatic carbocycles. The highest BCUT2D eigenvalue weighted by molar-refractivity contribution is 5.94. The standard InChI is InChI=1S/C21H23FN6O/c22-17-6-4-16(5-7-17)21(29)24-11-8-19-25-26-20-9-12-27(13-14-28(19)20)15-18-3-1-2-10-23-18/h1-7,10H,8-9,11-15H2,(H,24,29). The molecular weight excluding hydrogens is 371 g/mol. The average Bonchev–Trinajstić information content (AvgIpc) is 3.01. The molecule has 4 rings (SSSR count). The normalized spacial score (nSPS) is 14.2. The molecule has 0 radical (unpaired) electrons. The fourth-order valence-corrected chi connectivity index (χ4v) is 3.48. The summed E-state index contributed by atoms with van der Waals surface area (Å²) in [7, 11) is 0. The van der Waals surface area contributed by atoms with Crippen LogP contribution >= 0.6 is 0 Å². The molecule has 3 aromatic rings. The van der Waals surface area contributed by atoms with Gasteiger partial charge < -0.3 is 9.88 Å². The number of rotatable bonds is 6. The van der Waals surface area contributed by atoms with E-state index >= 15 is 0 Å². The summed E-state index contributed by atoms with van der Waals surface area (Å²) in [6.45, 7) is 3.90. The monoisotopic (exact) mass is 394 g/mol. The number of carbonyl (C=O) groups excluding carboxylic acids is 1. The van der Waals surface area contributed by atoms with Crippen LogP contribution < -0.4 is 5.32 Å². The Bertz CT molecular complexity index is 957. The second-order valence-corrected chi connectivity index (χ2v) is 7.04. The number of nitrogens with one attached hydrogen (secondary N) is 1. The Morgan fingerprint density at radius 1 is 1.07 bits per heavy atom. The molecule has 1 aliphatic rings. The largest absolute Gasteiger partial charge is 0.352 e. The summed E-state index contributed by atoms with van der Waals surface area (Å²) in [6, 6.07) is 11.5. The minimum atomic E-state index is -0.357. The lowest BCUT2D eigenvalue weighted by atomic mass is 10.2. The Morgan fingerprint density at radius 3 is 2.72 bits per heavy atom. The summed E-state index contributed by atoms with van der Waals surface area (Å²) in [6.07, 6.45) is 3.25. The summed E-state index contributed by atoms with van der Waals surface area (Å²) < 4.78 is 15.1. The number of aromatic nitrogens is 4. The topological polar surface area (TPSA) is 75.9 Å². The number of hydrogen-bond donors (Lipinski definition) is 1. The number of amides is 1. The van der Waals surface area contributed by atoms with E-state index < -0.39 is 0 Å². The maximum Gasteiger partial charge on any atom is 0.251 e. The highest BCUT2D eigenvalue weighted by Gasteiger charge is 2.19. The Morgan fingerprint density at radius 2 is 1.93 bits per heavy atom. The molecule has 3 heterocycles. The van der Waals surface area contributed by atoms with Gasteiger partial charge in [0.05, 0.1) is 5.69 Å². The van der Waals surface area contributed by atoms with Crippen molar-refractivity contribution in [3.8, 4) is 0 Å². The third-order valence-electron chi connectivity index (χ3n) is 5.05. The Labute approximate surface area is 168 Å². The molecular formula is C21H23FN6O. The molecule has 0 saturated carbocycles. The molecule has 29 heavy (non-hydrogen) atoms. The van der Waals surface area contributed by atoms with Gasteiger partial charge in [-0.3, -0.25) is 14.7 Å². The number of benzene rings is 1. The van der Waals surface area contributed by atoms with E-state index in [1.807, 2.05) is 24.4 Å². The first kappa shape index (κ1) is 19.2. The predicted octanol–water partition coefficient (Wildman–Crippen LogP) is 1.84.